The van der Waals surface area contributed by atoms with Gasteiger partial charge in [-0.3, -0.25) is 9.78 Å². The van der Waals surface area contributed by atoms with Gasteiger partial charge < -0.3 is 14.6 Å². The van der Waals surface area contributed by atoms with Crippen LogP contribution in [0.2, 0.25) is 0 Å². The van der Waals surface area contributed by atoms with Crippen LogP contribution in [0.25, 0.3) is 22.2 Å². The van der Waals surface area contributed by atoms with Crippen molar-refractivity contribution in [1.29, 1.82) is 0 Å². The van der Waals surface area contributed by atoms with Gasteiger partial charge in [-0.05, 0) is 48.7 Å². The number of pyridine rings is 2. The summed E-state index contributed by atoms with van der Waals surface area (Å²) in [6.45, 7) is 1.92. The number of nitrogens with one attached hydrogen (secondary N) is 1. The number of hydrogen-bond donors (Lipinski definition) is 1. The summed E-state index contributed by atoms with van der Waals surface area (Å²) in [7, 11) is -0.614. The molecule has 0 saturated heterocycles. The molecule has 0 aliphatic carbocycles. The van der Waals surface area contributed by atoms with E-state index in [2.05, 4.69) is 20.3 Å². The normalized spacial score (nSPS) is 12.9. The van der Waals surface area contributed by atoms with E-state index >= 15 is 0 Å². The van der Waals surface area contributed by atoms with Crippen molar-refractivity contribution >= 4 is 22.5 Å². The molecule has 7 heteroatoms. The van der Waals surface area contributed by atoms with Crippen molar-refractivity contribution in [3.63, 3.8) is 0 Å². The number of imidazole rings is 1. The second-order valence-electron chi connectivity index (χ2n) is 6.32. The van der Waals surface area contributed by atoms with Crippen LogP contribution in [0.3, 0.4) is 0 Å². The highest BCUT2D eigenvalue weighted by atomic mass is 16.5. The first-order chi connectivity index (χ1) is 14.7. The van der Waals surface area contributed by atoms with Crippen LogP contribution in [0, 0.1) is 6.92 Å². The fraction of sp³-hybridized carbons (Fsp3) is 0.143. The molecule has 0 aliphatic rings. The highest BCUT2D eigenvalue weighted by molar-refractivity contribution is 6.04. The van der Waals surface area contributed by atoms with E-state index < -0.39 is 7.04 Å². The zero-order chi connectivity index (χ0) is 22.2. The lowest BCUT2D eigenvalue weighted by Gasteiger charge is -2.08. The van der Waals surface area contributed by atoms with E-state index in [-0.39, 0.29) is 11.7 Å². The number of fused-ring (bicyclic) bond motifs is 1. The van der Waals surface area contributed by atoms with Crippen LogP contribution in [0.1, 0.15) is 20.3 Å². The van der Waals surface area contributed by atoms with Crippen molar-refractivity contribution in [2.45, 2.75) is 6.92 Å². The molecule has 1 N–H and O–H groups in total. The van der Waals surface area contributed by atoms with Gasteiger partial charge in [0.15, 0.2) is 0 Å². The summed E-state index contributed by atoms with van der Waals surface area (Å²) in [5.41, 5.74) is 2.01. The van der Waals surface area contributed by atoms with Crippen molar-refractivity contribution in [3.05, 3.63) is 66.4 Å². The molecule has 7 nitrogen and oxygen atoms in total. The van der Waals surface area contributed by atoms with Crippen LogP contribution in [-0.2, 0) is 7.05 Å². The molecule has 140 valence electrons. The lowest BCUT2D eigenvalue weighted by Crippen LogP contribution is -2.12. The van der Waals surface area contributed by atoms with Crippen LogP contribution in [0.5, 0.6) is 5.75 Å². The number of aromatic nitrogens is 4. The fourth-order valence-electron chi connectivity index (χ4n) is 2.85. The van der Waals surface area contributed by atoms with E-state index in [1.165, 1.54) is 24.3 Å². The summed E-state index contributed by atoms with van der Waals surface area (Å²) in [4.78, 5) is 25.6. The summed E-state index contributed by atoms with van der Waals surface area (Å²) >= 11 is 0. The number of benzene rings is 1. The molecule has 1 amide bonds. The molecule has 28 heavy (non-hydrogen) atoms. The van der Waals surface area contributed by atoms with Gasteiger partial charge in [0.25, 0.3) is 5.91 Å². The molecule has 3 aromatic heterocycles. The van der Waals surface area contributed by atoms with E-state index in [1.54, 1.807) is 24.7 Å². The van der Waals surface area contributed by atoms with Crippen LogP contribution in [0.15, 0.2) is 55.0 Å². The number of methoxy groups -OCH3 is 1. The minimum absolute atomic E-state index is 0.158. The molecule has 0 bridgehead atoms. The Labute approximate surface area is 166 Å². The van der Waals surface area contributed by atoms with Gasteiger partial charge in [-0.15, -0.1) is 0 Å². The van der Waals surface area contributed by atoms with E-state index in [0.717, 1.165) is 28.0 Å². The van der Waals surface area contributed by atoms with Gasteiger partial charge in [0.1, 0.15) is 17.4 Å². The van der Waals surface area contributed by atoms with Gasteiger partial charge >= 0.3 is 0 Å². The van der Waals surface area contributed by atoms with Gasteiger partial charge in [0, 0.05) is 30.4 Å². The average molecular weight is 376 g/mol. The van der Waals surface area contributed by atoms with Crippen molar-refractivity contribution in [2.24, 2.45) is 7.05 Å². The van der Waals surface area contributed by atoms with Gasteiger partial charge in [0.2, 0.25) is 0 Å². The highest BCUT2D eigenvalue weighted by Crippen LogP contribution is 2.23. The standard InChI is InChI=1S/C21H19N5O2/c1-13-22-12-19(26(13)2)18-8-15-9-20(24-11-16(15)10-23-18)25-21(27)14-4-6-17(28-3)7-5-14/h4-12H,1-3H3,(H,24,25,27)/i3D3. The molecule has 0 saturated carbocycles. The number of anilines is 1. The number of amides is 1. The van der Waals surface area contributed by atoms with E-state index in [1.807, 2.05) is 24.6 Å². The lowest BCUT2D eigenvalue weighted by molar-refractivity contribution is 0.102. The zero-order valence-electron chi connectivity index (χ0n) is 18.3. The highest BCUT2D eigenvalue weighted by Gasteiger charge is 2.10. The van der Waals surface area contributed by atoms with Crippen molar-refractivity contribution in [1.82, 2.24) is 19.5 Å². The number of aryl methyl sites for hydroxylation is 1. The Morgan fingerprint density at radius 1 is 1.07 bits per heavy atom. The molecule has 0 unspecified atom stereocenters. The Morgan fingerprint density at radius 2 is 1.86 bits per heavy atom. The monoisotopic (exact) mass is 376 g/mol. The number of carbonyl (C=O) groups is 1. The first-order valence-electron chi connectivity index (χ1n) is 10.0. The van der Waals surface area contributed by atoms with E-state index in [9.17, 15) is 4.79 Å². The second kappa shape index (κ2) is 7.11. The summed E-state index contributed by atoms with van der Waals surface area (Å²) in [5, 5.41) is 4.46. The molecular weight excluding hydrogens is 354 g/mol. The third-order valence-electron chi connectivity index (χ3n) is 4.56. The molecule has 0 spiro atoms. The third-order valence-corrected chi connectivity index (χ3v) is 4.56. The maximum atomic E-state index is 12.6. The molecule has 4 aromatic rings. The Bertz CT molecular complexity index is 1270. The minimum atomic E-state index is -2.54. The lowest BCUT2D eigenvalue weighted by atomic mass is 10.1. The average Bonchev–Trinajstić information content (AvgIpc) is 3.05. The topological polar surface area (TPSA) is 81.9 Å². The Kier molecular flexibility index (Phi) is 3.64. The number of rotatable bonds is 4. The van der Waals surface area contributed by atoms with Gasteiger partial charge in [-0.2, -0.15) is 0 Å². The zero-order valence-corrected chi connectivity index (χ0v) is 15.3. The fourth-order valence-corrected chi connectivity index (χ4v) is 2.85. The molecule has 4 rings (SSSR count). The molecule has 0 atom stereocenters. The first-order valence-corrected chi connectivity index (χ1v) is 8.54. The molecular formula is C21H19N5O2. The Hall–Kier alpha value is -3.74. The first kappa shape index (κ1) is 14.3. The molecule has 3 heterocycles. The van der Waals surface area contributed by atoms with Crippen LogP contribution >= 0.6 is 0 Å². The number of hydrogen-bond acceptors (Lipinski definition) is 5. The molecule has 0 radical (unpaired) electrons. The van der Waals surface area contributed by atoms with Gasteiger partial charge in [-0.1, -0.05) is 0 Å². The minimum Gasteiger partial charge on any atom is -0.497 e. The van der Waals surface area contributed by atoms with Crippen LogP contribution in [0.4, 0.5) is 5.82 Å². The SMILES string of the molecule is [2H]C([2H])([2H])Oc1ccc(C(=O)Nc2cc3cc(-c4cnc(C)n4C)ncc3cn2)cc1. The largest absolute Gasteiger partial charge is 0.497 e. The summed E-state index contributed by atoms with van der Waals surface area (Å²) in [6.07, 6.45) is 5.14. The third kappa shape index (κ3) is 3.29. The summed E-state index contributed by atoms with van der Waals surface area (Å²) in [6, 6.07) is 9.54. The number of carbonyl (C=O) groups excluding carboxylic acids is 1. The predicted octanol–water partition coefficient (Wildman–Crippen LogP) is 3.60. The molecule has 0 aliphatic heterocycles. The number of ether oxygens (including phenoxy) is 1. The van der Waals surface area contributed by atoms with Crippen molar-refractivity contribution < 1.29 is 13.6 Å². The van der Waals surface area contributed by atoms with Crippen LogP contribution in [-0.4, -0.2) is 32.5 Å². The number of nitrogens with zero attached hydrogens (tertiary/aromatic N) is 4. The van der Waals surface area contributed by atoms with Crippen LogP contribution < -0.4 is 10.1 Å². The van der Waals surface area contributed by atoms with E-state index in [0.29, 0.717) is 11.4 Å². The molecule has 0 fully saturated rings. The van der Waals surface area contributed by atoms with Crippen molar-refractivity contribution in [2.75, 3.05) is 12.4 Å². The van der Waals surface area contributed by atoms with Gasteiger partial charge in [-0.25, -0.2) is 9.97 Å². The van der Waals surface area contributed by atoms with E-state index in [4.69, 9.17) is 8.85 Å². The maximum Gasteiger partial charge on any atom is 0.256 e. The predicted molar refractivity (Wildman–Crippen MR) is 107 cm³/mol. The van der Waals surface area contributed by atoms with Crippen molar-refractivity contribution in [3.8, 4) is 17.1 Å². The molecule has 1 aromatic carbocycles. The summed E-state index contributed by atoms with van der Waals surface area (Å²) in [5.74, 6) is 1.06. The smallest absolute Gasteiger partial charge is 0.256 e. The Balaban J connectivity index is 1.55. The second-order valence-corrected chi connectivity index (χ2v) is 6.32. The maximum absolute atomic E-state index is 12.6. The quantitative estimate of drug-likeness (QED) is 0.588. The Morgan fingerprint density at radius 3 is 2.57 bits per heavy atom. The summed E-state index contributed by atoms with van der Waals surface area (Å²) < 4.78 is 28.1. The van der Waals surface area contributed by atoms with Gasteiger partial charge in [0.05, 0.1) is 28.7 Å².